The summed E-state index contributed by atoms with van der Waals surface area (Å²) in [5, 5.41) is 9.84. The monoisotopic (exact) mass is 236 g/mol. The van der Waals surface area contributed by atoms with Crippen LogP contribution in [0.4, 0.5) is 11.5 Å². The summed E-state index contributed by atoms with van der Waals surface area (Å²) >= 11 is 0. The summed E-state index contributed by atoms with van der Waals surface area (Å²) in [7, 11) is 0. The fraction of sp³-hybridized carbons (Fsp3) is 0.636. The molecule has 6 heteroatoms. The van der Waals surface area contributed by atoms with E-state index in [0.29, 0.717) is 17.7 Å². The van der Waals surface area contributed by atoms with Crippen LogP contribution in [0.2, 0.25) is 0 Å². The zero-order valence-electron chi connectivity index (χ0n) is 9.47. The number of aliphatic hydroxyl groups is 1. The van der Waals surface area contributed by atoms with Crippen molar-refractivity contribution in [3.05, 3.63) is 16.7 Å². The molecule has 0 spiro atoms. The molecule has 6 nitrogen and oxygen atoms in total. The van der Waals surface area contributed by atoms with Crippen molar-refractivity contribution in [2.45, 2.75) is 18.9 Å². The van der Waals surface area contributed by atoms with E-state index in [1.54, 1.807) is 0 Å². The molecule has 3 rings (SSSR count). The minimum Gasteiger partial charge on any atom is -0.393 e. The lowest BCUT2D eigenvalue weighted by molar-refractivity contribution is 0.133. The number of aliphatic hydroxyl groups excluding tert-OH is 1. The van der Waals surface area contributed by atoms with E-state index in [2.05, 4.69) is 9.97 Å². The standard InChI is InChI=1S/C11H16N4O2/c12-9-10(13-5-14-11(9)17)15-3-6-1-2-8(16)7(6)4-15/h5-8,16H,1-4,12H2,(H,13,14,17). The third kappa shape index (κ3) is 1.59. The lowest BCUT2D eigenvalue weighted by atomic mass is 10.00. The topological polar surface area (TPSA) is 95.2 Å². The van der Waals surface area contributed by atoms with Crippen molar-refractivity contribution in [2.75, 3.05) is 23.7 Å². The van der Waals surface area contributed by atoms with Gasteiger partial charge in [0.1, 0.15) is 5.69 Å². The Morgan fingerprint density at radius 2 is 2.29 bits per heavy atom. The predicted octanol–water partition coefficient (Wildman–Crippen LogP) is -0.441. The van der Waals surface area contributed by atoms with Crippen LogP contribution in [-0.2, 0) is 0 Å². The van der Waals surface area contributed by atoms with E-state index in [1.165, 1.54) is 6.33 Å². The van der Waals surface area contributed by atoms with Crippen molar-refractivity contribution in [3.63, 3.8) is 0 Å². The number of aromatic nitrogens is 2. The van der Waals surface area contributed by atoms with Gasteiger partial charge in [0, 0.05) is 19.0 Å². The molecular formula is C11H16N4O2. The maximum atomic E-state index is 11.4. The van der Waals surface area contributed by atoms with E-state index in [9.17, 15) is 9.90 Å². The smallest absolute Gasteiger partial charge is 0.276 e. The minimum absolute atomic E-state index is 0.168. The Balaban J connectivity index is 1.88. The summed E-state index contributed by atoms with van der Waals surface area (Å²) in [5.74, 6) is 1.36. The van der Waals surface area contributed by atoms with Crippen molar-refractivity contribution < 1.29 is 5.11 Å². The zero-order chi connectivity index (χ0) is 12.0. The third-order valence-electron chi connectivity index (χ3n) is 3.99. The first-order valence-corrected chi connectivity index (χ1v) is 5.93. The molecular weight excluding hydrogens is 220 g/mol. The fourth-order valence-corrected chi connectivity index (χ4v) is 3.06. The van der Waals surface area contributed by atoms with Crippen LogP contribution < -0.4 is 16.2 Å². The molecule has 1 aromatic rings. The fourth-order valence-electron chi connectivity index (χ4n) is 3.06. The van der Waals surface area contributed by atoms with Crippen LogP contribution in [-0.4, -0.2) is 34.3 Å². The maximum Gasteiger partial charge on any atom is 0.276 e. The lowest BCUT2D eigenvalue weighted by Crippen LogP contribution is -2.28. The van der Waals surface area contributed by atoms with E-state index >= 15 is 0 Å². The molecule has 0 bridgehead atoms. The van der Waals surface area contributed by atoms with Gasteiger partial charge in [-0.3, -0.25) is 4.79 Å². The molecule has 0 radical (unpaired) electrons. The van der Waals surface area contributed by atoms with Crippen LogP contribution in [0.15, 0.2) is 11.1 Å². The number of fused-ring (bicyclic) bond motifs is 1. The van der Waals surface area contributed by atoms with Crippen LogP contribution in [0.25, 0.3) is 0 Å². The van der Waals surface area contributed by atoms with E-state index in [1.807, 2.05) is 4.90 Å². The SMILES string of the molecule is Nc1c(N2CC3CCC(O)C3C2)nc[nH]c1=O. The van der Waals surface area contributed by atoms with Crippen molar-refractivity contribution in [3.8, 4) is 0 Å². The number of hydrogen-bond acceptors (Lipinski definition) is 5. The number of H-pyrrole nitrogens is 1. The van der Waals surface area contributed by atoms with Crippen molar-refractivity contribution in [2.24, 2.45) is 11.8 Å². The molecule has 1 aliphatic heterocycles. The molecule has 0 amide bonds. The average Bonchev–Trinajstić information content (AvgIpc) is 2.85. The van der Waals surface area contributed by atoms with Crippen LogP contribution >= 0.6 is 0 Å². The highest BCUT2D eigenvalue weighted by Crippen LogP contribution is 2.39. The van der Waals surface area contributed by atoms with Crippen LogP contribution in [0, 0.1) is 11.8 Å². The van der Waals surface area contributed by atoms with Crippen LogP contribution in [0.1, 0.15) is 12.8 Å². The van der Waals surface area contributed by atoms with Crippen LogP contribution in [0.3, 0.4) is 0 Å². The highest BCUT2D eigenvalue weighted by molar-refractivity contribution is 5.61. The van der Waals surface area contributed by atoms with Gasteiger partial charge in [-0.15, -0.1) is 0 Å². The van der Waals surface area contributed by atoms with Crippen molar-refractivity contribution in [1.82, 2.24) is 9.97 Å². The predicted molar refractivity (Wildman–Crippen MR) is 63.7 cm³/mol. The Kier molecular flexibility index (Phi) is 2.32. The Morgan fingerprint density at radius 1 is 1.47 bits per heavy atom. The molecule has 2 heterocycles. The largest absolute Gasteiger partial charge is 0.393 e. The second-order valence-corrected chi connectivity index (χ2v) is 4.94. The van der Waals surface area contributed by atoms with Gasteiger partial charge in [-0.25, -0.2) is 4.98 Å². The number of nitrogens with zero attached hydrogens (tertiary/aromatic N) is 2. The van der Waals surface area contributed by atoms with Gasteiger partial charge in [-0.05, 0) is 18.8 Å². The number of nitrogens with one attached hydrogen (secondary N) is 1. The molecule has 1 saturated carbocycles. The highest BCUT2D eigenvalue weighted by Gasteiger charge is 2.42. The molecule has 3 atom stereocenters. The summed E-state index contributed by atoms with van der Waals surface area (Å²) in [6.07, 6.45) is 3.10. The minimum atomic E-state index is -0.299. The normalized spacial score (nSPS) is 31.8. The summed E-state index contributed by atoms with van der Waals surface area (Å²) in [6, 6.07) is 0. The second-order valence-electron chi connectivity index (χ2n) is 4.94. The Labute approximate surface area is 98.5 Å². The number of hydrogen-bond donors (Lipinski definition) is 3. The number of nitrogens with two attached hydrogens (primary N) is 1. The summed E-state index contributed by atoms with van der Waals surface area (Å²) < 4.78 is 0. The first kappa shape index (κ1) is 10.6. The molecule has 1 saturated heterocycles. The third-order valence-corrected chi connectivity index (χ3v) is 3.99. The first-order chi connectivity index (χ1) is 8.16. The Morgan fingerprint density at radius 3 is 3.06 bits per heavy atom. The first-order valence-electron chi connectivity index (χ1n) is 5.93. The van der Waals surface area contributed by atoms with Gasteiger partial charge in [0.25, 0.3) is 5.56 Å². The molecule has 3 unspecified atom stereocenters. The highest BCUT2D eigenvalue weighted by atomic mass is 16.3. The average molecular weight is 236 g/mol. The summed E-state index contributed by atoms with van der Waals surface area (Å²) in [5.41, 5.74) is 5.61. The summed E-state index contributed by atoms with van der Waals surface area (Å²) in [4.78, 5) is 20.0. The van der Waals surface area contributed by atoms with Crippen molar-refractivity contribution >= 4 is 11.5 Å². The molecule has 92 valence electrons. The summed E-state index contributed by atoms with van der Waals surface area (Å²) in [6.45, 7) is 1.58. The van der Waals surface area contributed by atoms with Gasteiger partial charge in [0.2, 0.25) is 0 Å². The quantitative estimate of drug-likeness (QED) is 0.614. The Bertz CT molecular complexity index is 487. The van der Waals surface area contributed by atoms with Gasteiger partial charge < -0.3 is 20.7 Å². The second kappa shape index (κ2) is 3.73. The van der Waals surface area contributed by atoms with E-state index in [4.69, 9.17) is 5.73 Å². The van der Waals surface area contributed by atoms with Crippen molar-refractivity contribution in [1.29, 1.82) is 0 Å². The van der Waals surface area contributed by atoms with Gasteiger partial charge in [0.15, 0.2) is 5.82 Å². The molecule has 4 N–H and O–H groups in total. The molecule has 2 aliphatic rings. The number of nitrogen functional groups attached to an aromatic ring is 1. The van der Waals surface area contributed by atoms with Gasteiger partial charge >= 0.3 is 0 Å². The number of anilines is 2. The van der Waals surface area contributed by atoms with Crippen LogP contribution in [0.5, 0.6) is 0 Å². The van der Waals surface area contributed by atoms with Gasteiger partial charge in [0.05, 0.1) is 12.4 Å². The number of rotatable bonds is 1. The number of aromatic amines is 1. The molecule has 1 aromatic heterocycles. The van der Waals surface area contributed by atoms with Gasteiger partial charge in [-0.2, -0.15) is 0 Å². The molecule has 1 aliphatic carbocycles. The Hall–Kier alpha value is -1.56. The molecule has 2 fully saturated rings. The van der Waals surface area contributed by atoms with E-state index < -0.39 is 0 Å². The zero-order valence-corrected chi connectivity index (χ0v) is 9.47. The molecule has 0 aromatic carbocycles. The van der Waals surface area contributed by atoms with Gasteiger partial charge in [-0.1, -0.05) is 0 Å². The van der Waals surface area contributed by atoms with E-state index in [-0.39, 0.29) is 17.4 Å². The lowest BCUT2D eigenvalue weighted by Gasteiger charge is -2.20. The molecule has 17 heavy (non-hydrogen) atoms. The van der Waals surface area contributed by atoms with E-state index in [0.717, 1.165) is 25.9 Å². The maximum absolute atomic E-state index is 11.4.